The van der Waals surface area contributed by atoms with Crippen LogP contribution in [0.5, 0.6) is 0 Å². The molecule has 2 N–H and O–H groups in total. The first-order chi connectivity index (χ1) is 10.5. The lowest BCUT2D eigenvalue weighted by atomic mass is 10.3. The Balaban J connectivity index is 1.70. The van der Waals surface area contributed by atoms with E-state index in [1.807, 2.05) is 0 Å². The van der Waals surface area contributed by atoms with Gasteiger partial charge in [-0.2, -0.15) is 0 Å². The van der Waals surface area contributed by atoms with Crippen LogP contribution in [0.4, 0.5) is 10.8 Å². The molecule has 1 heterocycles. The van der Waals surface area contributed by atoms with E-state index in [1.165, 1.54) is 11.3 Å². The van der Waals surface area contributed by atoms with Crippen molar-refractivity contribution in [1.29, 1.82) is 0 Å². The molecule has 1 aliphatic rings. The van der Waals surface area contributed by atoms with Crippen molar-refractivity contribution in [3.8, 4) is 0 Å². The molecule has 22 heavy (non-hydrogen) atoms. The van der Waals surface area contributed by atoms with Gasteiger partial charge in [-0.15, -0.1) is 0 Å². The minimum atomic E-state index is -0.246. The second-order valence-electron chi connectivity index (χ2n) is 5.16. The molecule has 2 aromatic rings. The molecule has 0 bridgehead atoms. The van der Waals surface area contributed by atoms with Crippen LogP contribution < -0.4 is 10.6 Å². The number of hydrogen-bond acceptors (Lipinski definition) is 4. The number of benzene rings is 1. The van der Waals surface area contributed by atoms with Gasteiger partial charge in [0.1, 0.15) is 4.88 Å². The number of nitrogens with zero attached hydrogens (tertiary/aromatic N) is 1. The Labute approximate surface area is 136 Å². The van der Waals surface area contributed by atoms with Crippen molar-refractivity contribution in [3.63, 3.8) is 0 Å². The van der Waals surface area contributed by atoms with Crippen molar-refractivity contribution in [2.75, 3.05) is 10.6 Å². The molecule has 0 unspecified atom stereocenters. The lowest BCUT2D eigenvalue weighted by Gasteiger charge is -2.03. The van der Waals surface area contributed by atoms with E-state index >= 15 is 0 Å². The second-order valence-corrected chi connectivity index (χ2v) is 6.59. The van der Waals surface area contributed by atoms with Crippen LogP contribution in [0.1, 0.15) is 28.2 Å². The van der Waals surface area contributed by atoms with Crippen LogP contribution in [0, 0.1) is 12.8 Å². The van der Waals surface area contributed by atoms with Gasteiger partial charge in [0, 0.05) is 16.6 Å². The van der Waals surface area contributed by atoms with E-state index in [0.717, 1.165) is 12.8 Å². The predicted molar refractivity (Wildman–Crippen MR) is 87.6 cm³/mol. The number of aryl methyl sites for hydroxylation is 1. The Kier molecular flexibility index (Phi) is 4.13. The van der Waals surface area contributed by atoms with Gasteiger partial charge < -0.3 is 10.6 Å². The Morgan fingerprint density at radius 1 is 1.23 bits per heavy atom. The number of halogens is 1. The fourth-order valence-corrected chi connectivity index (χ4v) is 2.93. The summed E-state index contributed by atoms with van der Waals surface area (Å²) in [4.78, 5) is 28.7. The van der Waals surface area contributed by atoms with Crippen molar-refractivity contribution in [1.82, 2.24) is 4.98 Å². The summed E-state index contributed by atoms with van der Waals surface area (Å²) in [6.45, 7) is 1.75. The van der Waals surface area contributed by atoms with Gasteiger partial charge in [0.15, 0.2) is 5.13 Å². The highest BCUT2D eigenvalue weighted by Crippen LogP contribution is 2.31. The number of hydrogen-bond donors (Lipinski definition) is 2. The minimum Gasteiger partial charge on any atom is -0.321 e. The number of carbonyl (C=O) groups excluding carboxylic acids is 2. The van der Waals surface area contributed by atoms with Crippen molar-refractivity contribution in [2.45, 2.75) is 19.8 Å². The van der Waals surface area contributed by atoms with Crippen molar-refractivity contribution in [3.05, 3.63) is 39.9 Å². The molecule has 114 valence electrons. The fourth-order valence-electron chi connectivity index (χ4n) is 1.93. The second kappa shape index (κ2) is 6.06. The third-order valence-electron chi connectivity index (χ3n) is 3.28. The Morgan fingerprint density at radius 2 is 1.91 bits per heavy atom. The molecule has 0 saturated heterocycles. The van der Waals surface area contributed by atoms with Gasteiger partial charge in [-0.1, -0.05) is 22.9 Å². The van der Waals surface area contributed by atoms with Crippen LogP contribution >= 0.6 is 22.9 Å². The standard InChI is InChI=1S/C15H14ClN3O2S/c1-8-12(14(21)18-11-6-4-10(16)5-7-11)22-15(17-8)19-13(20)9-2-3-9/h4-7,9H,2-3H2,1H3,(H,18,21)(H,17,19,20). The Hall–Kier alpha value is -1.92. The lowest BCUT2D eigenvalue weighted by Crippen LogP contribution is -2.12. The molecule has 1 aromatic carbocycles. The molecule has 0 radical (unpaired) electrons. The maximum absolute atomic E-state index is 12.3. The third-order valence-corrected chi connectivity index (χ3v) is 4.61. The summed E-state index contributed by atoms with van der Waals surface area (Å²) in [7, 11) is 0. The molecule has 1 aromatic heterocycles. The van der Waals surface area contributed by atoms with E-state index in [4.69, 9.17) is 11.6 Å². The van der Waals surface area contributed by atoms with Crippen LogP contribution in [-0.4, -0.2) is 16.8 Å². The molecular formula is C15H14ClN3O2S. The number of nitrogens with one attached hydrogen (secondary N) is 2. The molecule has 5 nitrogen and oxygen atoms in total. The van der Waals surface area contributed by atoms with Gasteiger partial charge in [-0.25, -0.2) is 4.98 Å². The van der Waals surface area contributed by atoms with Crippen LogP contribution in [0.2, 0.25) is 5.02 Å². The predicted octanol–water partition coefficient (Wildman–Crippen LogP) is 3.71. The maximum Gasteiger partial charge on any atom is 0.267 e. The number of anilines is 2. The third kappa shape index (κ3) is 3.45. The molecule has 1 aliphatic carbocycles. The molecular weight excluding hydrogens is 322 g/mol. The number of rotatable bonds is 4. The molecule has 0 atom stereocenters. The Bertz CT molecular complexity index is 723. The van der Waals surface area contributed by atoms with Crippen LogP contribution in [0.25, 0.3) is 0 Å². The monoisotopic (exact) mass is 335 g/mol. The van der Waals surface area contributed by atoms with E-state index < -0.39 is 0 Å². The molecule has 2 amide bonds. The minimum absolute atomic E-state index is 0.0154. The topological polar surface area (TPSA) is 71.1 Å². The summed E-state index contributed by atoms with van der Waals surface area (Å²) < 4.78 is 0. The molecule has 3 rings (SSSR count). The maximum atomic E-state index is 12.3. The van der Waals surface area contributed by atoms with Crippen molar-refractivity contribution in [2.24, 2.45) is 5.92 Å². The smallest absolute Gasteiger partial charge is 0.267 e. The number of amides is 2. The zero-order valence-electron chi connectivity index (χ0n) is 11.9. The van der Waals surface area contributed by atoms with Gasteiger partial charge in [0.25, 0.3) is 5.91 Å². The van der Waals surface area contributed by atoms with Gasteiger partial charge in [0.2, 0.25) is 5.91 Å². The number of thiazole rings is 1. The largest absolute Gasteiger partial charge is 0.321 e. The molecule has 1 fully saturated rings. The SMILES string of the molecule is Cc1nc(NC(=O)C2CC2)sc1C(=O)Nc1ccc(Cl)cc1. The summed E-state index contributed by atoms with van der Waals surface area (Å²) in [6.07, 6.45) is 1.86. The highest BCUT2D eigenvalue weighted by atomic mass is 35.5. The average Bonchev–Trinajstić information content (AvgIpc) is 3.26. The van der Waals surface area contributed by atoms with E-state index in [-0.39, 0.29) is 17.7 Å². The van der Waals surface area contributed by atoms with Crippen LogP contribution in [-0.2, 0) is 4.79 Å². The quantitative estimate of drug-likeness (QED) is 0.894. The first kappa shape index (κ1) is 15.0. The van der Waals surface area contributed by atoms with Crippen LogP contribution in [0.3, 0.4) is 0 Å². The van der Waals surface area contributed by atoms with Gasteiger partial charge in [-0.05, 0) is 44.0 Å². The molecule has 1 saturated carbocycles. The molecule has 7 heteroatoms. The van der Waals surface area contributed by atoms with E-state index in [0.29, 0.717) is 26.4 Å². The van der Waals surface area contributed by atoms with Crippen LogP contribution in [0.15, 0.2) is 24.3 Å². The normalized spacial score (nSPS) is 13.7. The fraction of sp³-hybridized carbons (Fsp3) is 0.267. The number of carbonyl (C=O) groups is 2. The van der Waals surface area contributed by atoms with E-state index in [1.54, 1.807) is 31.2 Å². The average molecular weight is 336 g/mol. The molecule has 0 aliphatic heterocycles. The van der Waals surface area contributed by atoms with Gasteiger partial charge >= 0.3 is 0 Å². The lowest BCUT2D eigenvalue weighted by molar-refractivity contribution is -0.117. The highest BCUT2D eigenvalue weighted by molar-refractivity contribution is 7.17. The molecule has 0 spiro atoms. The Morgan fingerprint density at radius 3 is 2.55 bits per heavy atom. The first-order valence-electron chi connectivity index (χ1n) is 6.88. The van der Waals surface area contributed by atoms with Gasteiger partial charge in [-0.3, -0.25) is 9.59 Å². The van der Waals surface area contributed by atoms with Gasteiger partial charge in [0.05, 0.1) is 5.69 Å². The summed E-state index contributed by atoms with van der Waals surface area (Å²) in [5, 5.41) is 6.63. The summed E-state index contributed by atoms with van der Waals surface area (Å²) in [6, 6.07) is 6.87. The van der Waals surface area contributed by atoms with Crippen molar-refractivity contribution < 1.29 is 9.59 Å². The zero-order chi connectivity index (χ0) is 15.7. The van der Waals surface area contributed by atoms with E-state index in [2.05, 4.69) is 15.6 Å². The highest BCUT2D eigenvalue weighted by Gasteiger charge is 2.30. The summed E-state index contributed by atoms with van der Waals surface area (Å²) >= 11 is 6.99. The number of aromatic nitrogens is 1. The summed E-state index contributed by atoms with van der Waals surface area (Å²) in [5.74, 6) is -0.154. The van der Waals surface area contributed by atoms with E-state index in [9.17, 15) is 9.59 Å². The first-order valence-corrected chi connectivity index (χ1v) is 8.07. The van der Waals surface area contributed by atoms with Crippen molar-refractivity contribution >= 4 is 45.6 Å². The summed E-state index contributed by atoms with van der Waals surface area (Å²) in [5.41, 5.74) is 1.26. The zero-order valence-corrected chi connectivity index (χ0v) is 13.4.